The van der Waals surface area contributed by atoms with Crippen LogP contribution < -0.4 is 10.2 Å². The molecule has 0 atom stereocenters. The Morgan fingerprint density at radius 2 is 1.60 bits per heavy atom. The van der Waals surface area contributed by atoms with E-state index in [0.29, 0.717) is 5.95 Å². The van der Waals surface area contributed by atoms with Crippen LogP contribution in [0.4, 0.5) is 21.8 Å². The number of nitrogens with one attached hydrogen (secondary N) is 1. The van der Waals surface area contributed by atoms with Gasteiger partial charge in [0.2, 0.25) is 5.95 Å². The van der Waals surface area contributed by atoms with Gasteiger partial charge in [-0.1, -0.05) is 12.1 Å². The lowest BCUT2D eigenvalue weighted by Crippen LogP contribution is -2.30. The molecule has 3 aromatic rings. The van der Waals surface area contributed by atoms with E-state index in [4.69, 9.17) is 4.98 Å². The lowest BCUT2D eigenvalue weighted by Gasteiger charge is -2.28. The Bertz CT molecular complexity index is 848. The summed E-state index contributed by atoms with van der Waals surface area (Å²) in [5.41, 5.74) is 1.69. The predicted octanol–water partition coefficient (Wildman–Crippen LogP) is 4.92. The van der Waals surface area contributed by atoms with E-state index in [2.05, 4.69) is 21.3 Å². The van der Waals surface area contributed by atoms with Crippen molar-refractivity contribution in [3.05, 3.63) is 54.3 Å². The highest BCUT2D eigenvalue weighted by atomic mass is 35.5. The molecular formula is C19H20ClFN4. The summed E-state index contributed by atoms with van der Waals surface area (Å²) in [6.07, 6.45) is 3.66. The maximum Gasteiger partial charge on any atom is 0.229 e. The molecule has 1 aliphatic rings. The molecule has 0 radical (unpaired) electrons. The van der Waals surface area contributed by atoms with Crippen molar-refractivity contribution in [1.29, 1.82) is 0 Å². The van der Waals surface area contributed by atoms with Gasteiger partial charge >= 0.3 is 0 Å². The second kappa shape index (κ2) is 7.66. The third kappa shape index (κ3) is 3.82. The molecule has 0 aliphatic carbocycles. The van der Waals surface area contributed by atoms with Crippen molar-refractivity contribution in [3.63, 3.8) is 0 Å². The number of para-hydroxylation sites is 1. The Kier molecular flexibility index (Phi) is 5.34. The highest BCUT2D eigenvalue weighted by molar-refractivity contribution is 5.90. The molecule has 25 heavy (non-hydrogen) atoms. The van der Waals surface area contributed by atoms with Crippen molar-refractivity contribution in [1.82, 2.24) is 9.97 Å². The minimum Gasteiger partial charge on any atom is -0.356 e. The molecule has 6 heteroatoms. The Morgan fingerprint density at radius 3 is 2.36 bits per heavy atom. The second-order valence-corrected chi connectivity index (χ2v) is 6.07. The number of rotatable bonds is 3. The fourth-order valence-electron chi connectivity index (χ4n) is 3.12. The standard InChI is InChI=1S/C19H19FN4.ClH/c20-14-8-10-15(11-9-14)21-19-22-17-7-3-2-6-16(17)18(23-19)24-12-4-1-5-13-24;/h2-3,6-11H,1,4-5,12-13H2,(H,21,22,23);1H. The van der Waals surface area contributed by atoms with Gasteiger partial charge in [-0.15, -0.1) is 12.4 Å². The third-order valence-corrected chi connectivity index (χ3v) is 4.34. The maximum absolute atomic E-state index is 13.1. The van der Waals surface area contributed by atoms with Crippen LogP contribution in [0.25, 0.3) is 10.9 Å². The van der Waals surface area contributed by atoms with E-state index in [0.717, 1.165) is 35.5 Å². The van der Waals surface area contributed by atoms with Gasteiger partial charge in [-0.05, 0) is 55.7 Å². The van der Waals surface area contributed by atoms with Crippen molar-refractivity contribution >= 4 is 40.8 Å². The summed E-state index contributed by atoms with van der Waals surface area (Å²) in [5.74, 6) is 1.26. The van der Waals surface area contributed by atoms with Crippen LogP contribution in [0.3, 0.4) is 0 Å². The summed E-state index contributed by atoms with van der Waals surface area (Å²) in [6.45, 7) is 2.05. The van der Waals surface area contributed by atoms with E-state index in [1.165, 1.54) is 31.4 Å². The smallest absolute Gasteiger partial charge is 0.229 e. The molecular weight excluding hydrogens is 339 g/mol. The van der Waals surface area contributed by atoms with Gasteiger partial charge in [0, 0.05) is 24.2 Å². The Hall–Kier alpha value is -2.40. The molecule has 4 rings (SSSR count). The van der Waals surface area contributed by atoms with Gasteiger partial charge < -0.3 is 10.2 Å². The van der Waals surface area contributed by atoms with Gasteiger partial charge in [0.05, 0.1) is 5.52 Å². The van der Waals surface area contributed by atoms with Crippen LogP contribution in [0, 0.1) is 5.82 Å². The molecule has 0 unspecified atom stereocenters. The van der Waals surface area contributed by atoms with Crippen LogP contribution in [0.1, 0.15) is 19.3 Å². The first-order chi connectivity index (χ1) is 11.8. The summed E-state index contributed by atoms with van der Waals surface area (Å²) in [4.78, 5) is 11.7. The average molecular weight is 359 g/mol. The number of aromatic nitrogens is 2. The molecule has 1 saturated heterocycles. The fourth-order valence-corrected chi connectivity index (χ4v) is 3.12. The van der Waals surface area contributed by atoms with Gasteiger partial charge in [-0.25, -0.2) is 9.37 Å². The molecule has 0 bridgehead atoms. The minimum atomic E-state index is -0.256. The molecule has 130 valence electrons. The molecule has 2 aromatic carbocycles. The molecule has 1 fully saturated rings. The van der Waals surface area contributed by atoms with E-state index in [1.807, 2.05) is 18.2 Å². The first-order valence-electron chi connectivity index (χ1n) is 8.34. The fraction of sp³-hybridized carbons (Fsp3) is 0.263. The SMILES string of the molecule is Cl.Fc1ccc(Nc2nc(N3CCCCC3)c3ccccc3n2)cc1. The lowest BCUT2D eigenvalue weighted by atomic mass is 10.1. The maximum atomic E-state index is 13.1. The molecule has 0 saturated carbocycles. The number of nitrogens with zero attached hydrogens (tertiary/aromatic N) is 3. The van der Waals surface area contributed by atoms with E-state index < -0.39 is 0 Å². The van der Waals surface area contributed by atoms with Crippen LogP contribution in [-0.2, 0) is 0 Å². The molecule has 4 nitrogen and oxygen atoms in total. The largest absolute Gasteiger partial charge is 0.356 e. The summed E-state index contributed by atoms with van der Waals surface area (Å²) < 4.78 is 13.1. The zero-order chi connectivity index (χ0) is 16.4. The van der Waals surface area contributed by atoms with Crippen molar-refractivity contribution < 1.29 is 4.39 Å². The van der Waals surface area contributed by atoms with Crippen molar-refractivity contribution in [2.75, 3.05) is 23.3 Å². The van der Waals surface area contributed by atoms with E-state index in [1.54, 1.807) is 12.1 Å². The topological polar surface area (TPSA) is 41.1 Å². The van der Waals surface area contributed by atoms with Gasteiger partial charge in [0.1, 0.15) is 11.6 Å². The number of fused-ring (bicyclic) bond motifs is 1. The number of anilines is 3. The molecule has 0 amide bonds. The summed E-state index contributed by atoms with van der Waals surface area (Å²) >= 11 is 0. The Morgan fingerprint density at radius 1 is 0.880 bits per heavy atom. The predicted molar refractivity (Wildman–Crippen MR) is 103 cm³/mol. The van der Waals surface area contributed by atoms with E-state index in [9.17, 15) is 4.39 Å². The molecule has 1 aromatic heterocycles. The first kappa shape index (κ1) is 17.4. The van der Waals surface area contributed by atoms with Crippen molar-refractivity contribution in [2.24, 2.45) is 0 Å². The van der Waals surface area contributed by atoms with Crippen LogP contribution in [-0.4, -0.2) is 23.1 Å². The normalized spacial score (nSPS) is 14.2. The van der Waals surface area contributed by atoms with E-state index in [-0.39, 0.29) is 18.2 Å². The number of hydrogen-bond acceptors (Lipinski definition) is 4. The van der Waals surface area contributed by atoms with Gasteiger partial charge in [-0.2, -0.15) is 4.98 Å². The average Bonchev–Trinajstić information content (AvgIpc) is 2.64. The highest BCUT2D eigenvalue weighted by Crippen LogP contribution is 2.28. The zero-order valence-corrected chi connectivity index (χ0v) is 14.6. The first-order valence-corrected chi connectivity index (χ1v) is 8.34. The van der Waals surface area contributed by atoms with Gasteiger partial charge in [0.15, 0.2) is 0 Å². The summed E-state index contributed by atoms with van der Waals surface area (Å²) in [6, 6.07) is 14.3. The van der Waals surface area contributed by atoms with Gasteiger partial charge in [0.25, 0.3) is 0 Å². The van der Waals surface area contributed by atoms with Crippen molar-refractivity contribution in [3.8, 4) is 0 Å². The monoisotopic (exact) mass is 358 g/mol. The molecule has 1 N–H and O–H groups in total. The van der Waals surface area contributed by atoms with Crippen molar-refractivity contribution in [2.45, 2.75) is 19.3 Å². The second-order valence-electron chi connectivity index (χ2n) is 6.07. The van der Waals surface area contributed by atoms with Crippen LogP contribution in [0.15, 0.2) is 48.5 Å². The van der Waals surface area contributed by atoms with Crippen LogP contribution >= 0.6 is 12.4 Å². The van der Waals surface area contributed by atoms with Gasteiger partial charge in [-0.3, -0.25) is 0 Å². The summed E-state index contributed by atoms with van der Waals surface area (Å²) in [5, 5.41) is 4.26. The number of benzene rings is 2. The van der Waals surface area contributed by atoms with Crippen LogP contribution in [0.2, 0.25) is 0 Å². The molecule has 2 heterocycles. The van der Waals surface area contributed by atoms with Crippen LogP contribution in [0.5, 0.6) is 0 Å². The zero-order valence-electron chi connectivity index (χ0n) is 13.8. The third-order valence-electron chi connectivity index (χ3n) is 4.34. The molecule has 0 spiro atoms. The highest BCUT2D eigenvalue weighted by Gasteiger charge is 2.17. The lowest BCUT2D eigenvalue weighted by molar-refractivity contribution is 0.575. The quantitative estimate of drug-likeness (QED) is 0.721. The molecule has 1 aliphatic heterocycles. The minimum absolute atomic E-state index is 0. The number of piperidine rings is 1. The number of hydrogen-bond donors (Lipinski definition) is 1. The summed E-state index contributed by atoms with van der Waals surface area (Å²) in [7, 11) is 0. The number of halogens is 2. The Labute approximate surface area is 152 Å². The van der Waals surface area contributed by atoms with E-state index >= 15 is 0 Å². The Balaban J connectivity index is 0.00000182.